The van der Waals surface area contributed by atoms with Crippen LogP contribution >= 0.6 is 0 Å². The SMILES string of the molecule is CCCCCCCCCCCCCCCCCCCCCCCCOc1ccc(Oc2c3c(=O)n(-c4ccccc4)c(=O)c3c(Oc3ccc(OCCCCCCCCCCCCCCCCCCCCCCCC)cc3)c3c(=O)n(-c4ccccc4)c(=O)c23)cc1. The smallest absolute Gasteiger partial charge is 0.270 e. The van der Waals surface area contributed by atoms with E-state index < -0.39 is 22.2 Å². The second-order valence-corrected chi connectivity index (χ2v) is 26.4. The lowest BCUT2D eigenvalue weighted by Gasteiger charge is -2.13. The fourth-order valence-corrected chi connectivity index (χ4v) is 13.2. The van der Waals surface area contributed by atoms with Gasteiger partial charge in [0, 0.05) is 0 Å². The maximum absolute atomic E-state index is 14.9. The number of nitrogens with zero attached hydrogens (tertiary/aromatic N) is 2. The molecule has 0 aliphatic carbocycles. The van der Waals surface area contributed by atoms with E-state index in [1.807, 2.05) is 0 Å². The average Bonchev–Trinajstić information content (AvgIpc) is 1.54. The van der Waals surface area contributed by atoms with Crippen LogP contribution in [0.2, 0.25) is 0 Å². The Morgan fingerprint density at radius 2 is 0.435 bits per heavy atom. The number of para-hydroxylation sites is 2. The minimum Gasteiger partial charge on any atom is -0.494 e. The number of hydrogen-bond donors (Lipinski definition) is 0. The van der Waals surface area contributed by atoms with Gasteiger partial charge in [0.2, 0.25) is 0 Å². The van der Waals surface area contributed by atoms with Crippen LogP contribution in [0.15, 0.2) is 128 Å². The van der Waals surface area contributed by atoms with Gasteiger partial charge in [-0.05, 0) is 85.6 Å². The van der Waals surface area contributed by atoms with Crippen molar-refractivity contribution in [3.63, 3.8) is 0 Å². The van der Waals surface area contributed by atoms with Crippen molar-refractivity contribution in [3.8, 4) is 45.9 Å². The molecular formula is C82H116N2O8. The molecule has 2 aromatic heterocycles. The summed E-state index contributed by atoms with van der Waals surface area (Å²) in [5, 5.41) is -0.688. The van der Waals surface area contributed by atoms with Gasteiger partial charge < -0.3 is 18.9 Å². The summed E-state index contributed by atoms with van der Waals surface area (Å²) >= 11 is 0. The van der Waals surface area contributed by atoms with Gasteiger partial charge in [0.15, 0.2) is 11.5 Å². The molecule has 0 aliphatic rings. The molecular weight excluding hydrogens is 1140 g/mol. The number of ether oxygens (including phenoxy) is 4. The highest BCUT2D eigenvalue weighted by molar-refractivity contribution is 6.11. The lowest BCUT2D eigenvalue weighted by molar-refractivity contribution is 0.303. The van der Waals surface area contributed by atoms with Gasteiger partial charge in [-0.25, -0.2) is 9.13 Å². The van der Waals surface area contributed by atoms with Crippen LogP contribution < -0.4 is 41.2 Å². The van der Waals surface area contributed by atoms with Crippen molar-refractivity contribution in [2.24, 2.45) is 0 Å². The molecule has 7 rings (SSSR count). The Balaban J connectivity index is 0.873. The maximum Gasteiger partial charge on any atom is 0.270 e. The summed E-state index contributed by atoms with van der Waals surface area (Å²) in [7, 11) is 0. The third-order valence-corrected chi connectivity index (χ3v) is 18.7. The van der Waals surface area contributed by atoms with Gasteiger partial charge in [-0.2, -0.15) is 0 Å². The Morgan fingerprint density at radius 3 is 0.652 bits per heavy atom. The van der Waals surface area contributed by atoms with Crippen LogP contribution in [0.5, 0.6) is 34.5 Å². The lowest BCUT2D eigenvalue weighted by Crippen LogP contribution is -2.24. The van der Waals surface area contributed by atoms with Crippen LogP contribution in [0.4, 0.5) is 0 Å². The van der Waals surface area contributed by atoms with Crippen LogP contribution in [-0.4, -0.2) is 22.3 Å². The van der Waals surface area contributed by atoms with Gasteiger partial charge in [-0.15, -0.1) is 0 Å². The zero-order chi connectivity index (χ0) is 64.5. The highest BCUT2D eigenvalue weighted by Crippen LogP contribution is 2.42. The molecule has 92 heavy (non-hydrogen) atoms. The molecule has 0 amide bonds. The first-order valence-corrected chi connectivity index (χ1v) is 37.3. The summed E-state index contributed by atoms with van der Waals surface area (Å²) in [4.78, 5) is 59.5. The molecule has 5 aromatic carbocycles. The number of fused-ring (bicyclic) bond motifs is 2. The maximum atomic E-state index is 14.9. The molecule has 502 valence electrons. The van der Waals surface area contributed by atoms with E-state index >= 15 is 0 Å². The average molecular weight is 1260 g/mol. The molecule has 0 radical (unpaired) electrons. The fourth-order valence-electron chi connectivity index (χ4n) is 13.2. The van der Waals surface area contributed by atoms with E-state index in [4.69, 9.17) is 18.9 Å². The van der Waals surface area contributed by atoms with E-state index in [2.05, 4.69) is 13.8 Å². The molecule has 0 atom stereocenters. The Labute approximate surface area is 552 Å². The van der Waals surface area contributed by atoms with Crippen molar-refractivity contribution in [2.75, 3.05) is 13.2 Å². The molecule has 0 aliphatic heterocycles. The molecule has 0 saturated heterocycles. The summed E-state index contributed by atoms with van der Waals surface area (Å²) in [6.07, 6.45) is 59.1. The van der Waals surface area contributed by atoms with Gasteiger partial charge >= 0.3 is 0 Å². The Morgan fingerprint density at radius 1 is 0.239 bits per heavy atom. The van der Waals surface area contributed by atoms with Gasteiger partial charge in [-0.1, -0.05) is 320 Å². The number of aromatic nitrogens is 2. The molecule has 0 fully saturated rings. The van der Waals surface area contributed by atoms with Gasteiger partial charge in [0.05, 0.1) is 24.6 Å². The highest BCUT2D eigenvalue weighted by Gasteiger charge is 2.33. The number of hydrogen-bond acceptors (Lipinski definition) is 8. The normalized spacial score (nSPS) is 11.6. The largest absolute Gasteiger partial charge is 0.494 e. The second-order valence-electron chi connectivity index (χ2n) is 26.4. The summed E-state index contributed by atoms with van der Waals surface area (Å²) in [5.74, 6) is 1.49. The second kappa shape index (κ2) is 44.2. The molecule has 10 nitrogen and oxygen atoms in total. The van der Waals surface area contributed by atoms with Crippen molar-refractivity contribution < 1.29 is 18.9 Å². The predicted molar refractivity (Wildman–Crippen MR) is 386 cm³/mol. The molecule has 0 spiro atoms. The van der Waals surface area contributed by atoms with E-state index in [-0.39, 0.29) is 44.5 Å². The first kappa shape index (κ1) is 73.0. The van der Waals surface area contributed by atoms with Crippen LogP contribution in [0, 0.1) is 0 Å². The van der Waals surface area contributed by atoms with Gasteiger partial charge in [-0.3, -0.25) is 19.2 Å². The monoisotopic (exact) mass is 1260 g/mol. The Hall–Kier alpha value is -6.42. The predicted octanol–water partition coefficient (Wildman–Crippen LogP) is 23.4. The summed E-state index contributed by atoms with van der Waals surface area (Å²) in [5.41, 5.74) is -2.21. The van der Waals surface area contributed by atoms with E-state index in [0.717, 1.165) is 34.8 Å². The van der Waals surface area contributed by atoms with E-state index in [1.165, 1.54) is 257 Å². The standard InChI is InChI=1S/C82H116N2O8/c1-3-5-7-9-11-13-15-17-19-21-23-25-27-29-31-33-35-37-39-41-43-51-65-89-69-57-61-71(62-58-69)91-77-73-75(81(87)83(79(73)85)67-53-47-45-48-54-67)78(76-74(77)80(86)84(82(76)88)68-55-49-46-50-56-68)92-72-63-59-70(60-64-72)90-66-52-44-42-40-38-36-34-32-30-28-26-24-22-20-18-16-14-12-10-8-6-4-2/h45-50,53-64H,3-44,51-52,65-66H2,1-2H3. The molecule has 10 heteroatoms. The van der Waals surface area contributed by atoms with Crippen molar-refractivity contribution in [3.05, 3.63) is 151 Å². The topological polar surface area (TPSA) is 115 Å². The van der Waals surface area contributed by atoms with E-state index in [9.17, 15) is 19.2 Å². The van der Waals surface area contributed by atoms with Crippen molar-refractivity contribution in [1.82, 2.24) is 9.13 Å². The van der Waals surface area contributed by atoms with Crippen LogP contribution in [-0.2, 0) is 0 Å². The van der Waals surface area contributed by atoms with Gasteiger partial charge in [0.25, 0.3) is 22.2 Å². The number of rotatable bonds is 54. The van der Waals surface area contributed by atoms with Crippen molar-refractivity contribution >= 4 is 21.5 Å². The third-order valence-electron chi connectivity index (χ3n) is 18.7. The van der Waals surface area contributed by atoms with Gasteiger partial charge in [0.1, 0.15) is 44.5 Å². The van der Waals surface area contributed by atoms with Crippen molar-refractivity contribution in [2.45, 2.75) is 296 Å². The fraction of sp³-hybridized carbons (Fsp3) is 0.585. The molecule has 0 bridgehead atoms. The van der Waals surface area contributed by atoms with Crippen LogP contribution in [0.25, 0.3) is 32.9 Å². The molecule has 2 heterocycles. The first-order chi connectivity index (χ1) is 45.4. The Kier molecular flexibility index (Phi) is 35.1. The van der Waals surface area contributed by atoms with E-state index in [1.54, 1.807) is 109 Å². The zero-order valence-electron chi connectivity index (χ0n) is 57.1. The highest BCUT2D eigenvalue weighted by atomic mass is 16.5. The minimum absolute atomic E-state index is 0.172. The van der Waals surface area contributed by atoms with E-state index in [0.29, 0.717) is 36.1 Å². The van der Waals surface area contributed by atoms with Crippen LogP contribution in [0.3, 0.4) is 0 Å². The Bertz CT molecular complexity index is 2980. The zero-order valence-corrected chi connectivity index (χ0v) is 57.1. The number of unbranched alkanes of at least 4 members (excludes halogenated alkanes) is 42. The molecule has 0 saturated carbocycles. The summed E-state index contributed by atoms with van der Waals surface area (Å²) in [6, 6.07) is 31.1. The minimum atomic E-state index is -0.711. The molecule has 0 N–H and O–H groups in total. The van der Waals surface area contributed by atoms with Crippen molar-refractivity contribution in [1.29, 1.82) is 0 Å². The summed E-state index contributed by atoms with van der Waals surface area (Å²) in [6.45, 7) is 5.73. The quantitative estimate of drug-likeness (QED) is 0.0346. The third kappa shape index (κ3) is 24.8. The first-order valence-electron chi connectivity index (χ1n) is 37.3. The van der Waals surface area contributed by atoms with Crippen LogP contribution in [0.1, 0.15) is 296 Å². The molecule has 7 aromatic rings. The summed E-state index contributed by atoms with van der Waals surface area (Å²) < 4.78 is 27.6. The lowest BCUT2D eigenvalue weighted by atomic mass is 10.0. The number of benzene rings is 5. The molecule has 0 unspecified atom stereocenters.